The molecule has 0 bridgehead atoms. The maximum Gasteiger partial charge on any atom is 0.129 e. The summed E-state index contributed by atoms with van der Waals surface area (Å²) in [6.07, 6.45) is 3.73. The molecule has 0 aliphatic carbocycles. The molecule has 0 amide bonds. The summed E-state index contributed by atoms with van der Waals surface area (Å²) in [5, 5.41) is 6.17. The van der Waals surface area contributed by atoms with Crippen molar-refractivity contribution in [1.29, 1.82) is 0 Å². The molecule has 2 N–H and O–H groups in total. The summed E-state index contributed by atoms with van der Waals surface area (Å²) in [5.41, 5.74) is 0. The molecule has 10 heavy (non-hydrogen) atoms. The molecule has 1 rings (SSSR count). The van der Waals surface area contributed by atoms with Crippen LogP contribution in [0.5, 0.6) is 0 Å². The van der Waals surface area contributed by atoms with E-state index in [9.17, 15) is 0 Å². The number of aromatic nitrogens is 2. The van der Waals surface area contributed by atoms with Crippen LogP contribution in [-0.2, 0) is 0 Å². The Bertz CT molecular complexity index is 207. The summed E-state index contributed by atoms with van der Waals surface area (Å²) in [4.78, 5) is 4.06. The Labute approximate surface area is 64.8 Å². The standard InChI is InChI=1S/C6H11N3S/c1-5(2)9-3-6(10-7)8-4-9/h3-5H,7H2,1-2H3. The van der Waals surface area contributed by atoms with Gasteiger partial charge in [-0.05, 0) is 25.8 Å². The van der Waals surface area contributed by atoms with Crippen molar-refractivity contribution in [3.05, 3.63) is 12.5 Å². The Morgan fingerprint density at radius 2 is 2.40 bits per heavy atom. The number of hydrogen-bond donors (Lipinski definition) is 1. The average molecular weight is 157 g/mol. The third-order valence-electron chi connectivity index (χ3n) is 1.29. The smallest absolute Gasteiger partial charge is 0.129 e. The van der Waals surface area contributed by atoms with Crippen LogP contribution in [0.2, 0.25) is 0 Å². The van der Waals surface area contributed by atoms with Crippen molar-refractivity contribution in [2.24, 2.45) is 5.14 Å². The summed E-state index contributed by atoms with van der Waals surface area (Å²) < 4.78 is 2.02. The molecular formula is C6H11N3S. The van der Waals surface area contributed by atoms with Crippen molar-refractivity contribution in [3.63, 3.8) is 0 Å². The van der Waals surface area contributed by atoms with Gasteiger partial charge in [0, 0.05) is 12.2 Å². The third-order valence-corrected chi connectivity index (χ3v) is 1.75. The fraction of sp³-hybridized carbons (Fsp3) is 0.500. The molecule has 0 spiro atoms. The van der Waals surface area contributed by atoms with Gasteiger partial charge in [-0.3, -0.25) is 5.14 Å². The van der Waals surface area contributed by atoms with E-state index in [-0.39, 0.29) is 0 Å². The van der Waals surface area contributed by atoms with E-state index in [1.807, 2.05) is 10.8 Å². The molecule has 0 aromatic carbocycles. The Balaban J connectivity index is 2.78. The molecule has 0 aliphatic rings. The summed E-state index contributed by atoms with van der Waals surface area (Å²) >= 11 is 1.18. The molecule has 0 saturated carbocycles. The molecule has 0 radical (unpaired) electrons. The number of hydrogen-bond acceptors (Lipinski definition) is 3. The van der Waals surface area contributed by atoms with Gasteiger partial charge in [-0.2, -0.15) is 0 Å². The molecule has 0 saturated heterocycles. The van der Waals surface area contributed by atoms with E-state index in [1.54, 1.807) is 6.33 Å². The summed E-state index contributed by atoms with van der Waals surface area (Å²) in [6, 6.07) is 0.466. The van der Waals surface area contributed by atoms with Gasteiger partial charge < -0.3 is 4.57 Å². The van der Waals surface area contributed by atoms with Crippen LogP contribution in [0.25, 0.3) is 0 Å². The minimum absolute atomic E-state index is 0.466. The molecule has 3 nitrogen and oxygen atoms in total. The highest BCUT2D eigenvalue weighted by atomic mass is 32.2. The second-order valence-electron chi connectivity index (χ2n) is 2.37. The zero-order chi connectivity index (χ0) is 7.56. The molecule has 0 fully saturated rings. The van der Waals surface area contributed by atoms with Crippen molar-refractivity contribution < 1.29 is 0 Å². The lowest BCUT2D eigenvalue weighted by atomic mass is 10.4. The fourth-order valence-corrected chi connectivity index (χ4v) is 0.952. The van der Waals surface area contributed by atoms with Gasteiger partial charge in [-0.25, -0.2) is 4.98 Å². The van der Waals surface area contributed by atoms with E-state index >= 15 is 0 Å². The maximum atomic E-state index is 5.30. The second-order valence-corrected chi connectivity index (χ2v) is 3.02. The Kier molecular flexibility index (Phi) is 2.34. The number of nitrogens with zero attached hydrogens (tertiary/aromatic N) is 2. The van der Waals surface area contributed by atoms with Crippen molar-refractivity contribution >= 4 is 11.9 Å². The predicted octanol–water partition coefficient (Wildman–Crippen LogP) is 1.43. The van der Waals surface area contributed by atoms with Crippen molar-refractivity contribution in [3.8, 4) is 0 Å². The van der Waals surface area contributed by atoms with E-state index in [1.165, 1.54) is 11.9 Å². The van der Waals surface area contributed by atoms with Gasteiger partial charge >= 0.3 is 0 Å². The van der Waals surface area contributed by atoms with Gasteiger partial charge in [-0.1, -0.05) is 0 Å². The number of rotatable bonds is 2. The van der Waals surface area contributed by atoms with Crippen LogP contribution in [0.3, 0.4) is 0 Å². The van der Waals surface area contributed by atoms with Gasteiger partial charge in [0.25, 0.3) is 0 Å². The summed E-state index contributed by atoms with van der Waals surface area (Å²) in [6.45, 7) is 4.21. The van der Waals surface area contributed by atoms with Crippen LogP contribution in [0.15, 0.2) is 17.6 Å². The van der Waals surface area contributed by atoms with Crippen LogP contribution < -0.4 is 5.14 Å². The third kappa shape index (κ3) is 1.52. The highest BCUT2D eigenvalue weighted by molar-refractivity contribution is 7.97. The van der Waals surface area contributed by atoms with Crippen molar-refractivity contribution in [2.45, 2.75) is 24.9 Å². The highest BCUT2D eigenvalue weighted by Crippen LogP contribution is 2.10. The SMILES string of the molecule is CC(C)n1cnc(SN)c1. The predicted molar refractivity (Wildman–Crippen MR) is 42.7 cm³/mol. The highest BCUT2D eigenvalue weighted by Gasteiger charge is 1.98. The van der Waals surface area contributed by atoms with E-state index in [0.717, 1.165) is 5.03 Å². The minimum Gasteiger partial charge on any atom is -0.334 e. The first kappa shape index (κ1) is 7.63. The molecule has 1 heterocycles. The van der Waals surface area contributed by atoms with Crippen LogP contribution in [0.1, 0.15) is 19.9 Å². The maximum absolute atomic E-state index is 5.30. The zero-order valence-electron chi connectivity index (χ0n) is 6.11. The fourth-order valence-electron chi connectivity index (χ4n) is 0.661. The summed E-state index contributed by atoms with van der Waals surface area (Å²) in [7, 11) is 0. The molecule has 4 heteroatoms. The minimum atomic E-state index is 0.466. The quantitative estimate of drug-likeness (QED) is 0.660. The first-order chi connectivity index (χ1) is 4.74. The lowest BCUT2D eigenvalue weighted by molar-refractivity contribution is 0.598. The molecule has 0 atom stereocenters. The van der Waals surface area contributed by atoms with E-state index in [4.69, 9.17) is 5.14 Å². The van der Waals surface area contributed by atoms with Crippen molar-refractivity contribution in [2.75, 3.05) is 0 Å². The van der Waals surface area contributed by atoms with Crippen LogP contribution in [0.4, 0.5) is 0 Å². The zero-order valence-corrected chi connectivity index (χ0v) is 6.93. The van der Waals surface area contributed by atoms with E-state index in [2.05, 4.69) is 18.8 Å². The average Bonchev–Trinajstić information content (AvgIpc) is 2.34. The number of nitrogens with two attached hydrogens (primary N) is 1. The van der Waals surface area contributed by atoms with Crippen molar-refractivity contribution in [1.82, 2.24) is 9.55 Å². The second kappa shape index (κ2) is 3.07. The van der Waals surface area contributed by atoms with E-state index in [0.29, 0.717) is 6.04 Å². The van der Waals surface area contributed by atoms with Crippen LogP contribution in [-0.4, -0.2) is 9.55 Å². The van der Waals surface area contributed by atoms with Gasteiger partial charge in [0.15, 0.2) is 0 Å². The van der Waals surface area contributed by atoms with Gasteiger partial charge in [0.2, 0.25) is 0 Å². The normalized spacial score (nSPS) is 10.8. The Morgan fingerprint density at radius 3 is 2.70 bits per heavy atom. The van der Waals surface area contributed by atoms with E-state index < -0.39 is 0 Å². The molecule has 1 aromatic rings. The molecule has 1 aromatic heterocycles. The van der Waals surface area contributed by atoms with Gasteiger partial charge in [0.1, 0.15) is 5.03 Å². The largest absolute Gasteiger partial charge is 0.334 e. The van der Waals surface area contributed by atoms with Gasteiger partial charge in [0.05, 0.1) is 6.33 Å². The monoisotopic (exact) mass is 157 g/mol. The first-order valence-corrected chi connectivity index (χ1v) is 4.02. The van der Waals surface area contributed by atoms with Gasteiger partial charge in [-0.15, -0.1) is 0 Å². The molecule has 0 unspecified atom stereocenters. The lowest BCUT2D eigenvalue weighted by Gasteiger charge is -2.03. The molecule has 56 valence electrons. The van der Waals surface area contributed by atoms with Crippen LogP contribution in [0, 0.1) is 0 Å². The topological polar surface area (TPSA) is 43.8 Å². The molecule has 0 aliphatic heterocycles. The Hall–Kier alpha value is -0.480. The first-order valence-electron chi connectivity index (χ1n) is 3.14. The summed E-state index contributed by atoms with van der Waals surface area (Å²) in [5.74, 6) is 0. The van der Waals surface area contributed by atoms with Crippen LogP contribution >= 0.6 is 11.9 Å². The Morgan fingerprint density at radius 1 is 1.70 bits per heavy atom. The molecular weight excluding hydrogens is 146 g/mol. The lowest BCUT2D eigenvalue weighted by Crippen LogP contribution is -1.95. The number of imidazole rings is 1.